The molecule has 2 rings (SSSR count). The van der Waals surface area contributed by atoms with Gasteiger partial charge in [-0.3, -0.25) is 0 Å². The minimum atomic E-state index is 1.05. The highest BCUT2D eigenvalue weighted by atomic mass is 14.9. The normalized spacial score (nSPS) is 10.3. The van der Waals surface area contributed by atoms with Crippen molar-refractivity contribution in [3.05, 3.63) is 59.2 Å². The van der Waals surface area contributed by atoms with E-state index in [1.807, 2.05) is 0 Å². The molecule has 1 N–H and O–H groups in total. The summed E-state index contributed by atoms with van der Waals surface area (Å²) in [5.41, 5.74) is 6.38. The number of rotatable bonds is 3. The topological polar surface area (TPSA) is 12.0 Å². The molecule has 0 unspecified atom stereocenters. The number of para-hydroxylation sites is 2. The SMILES string of the molecule is CCc1ccccc1Nc1c(C)cccc1C. The molecule has 2 aromatic carbocycles. The van der Waals surface area contributed by atoms with Gasteiger partial charge in [0, 0.05) is 11.4 Å². The molecule has 0 heterocycles. The van der Waals surface area contributed by atoms with Crippen molar-refractivity contribution in [1.82, 2.24) is 0 Å². The van der Waals surface area contributed by atoms with Gasteiger partial charge in [-0.25, -0.2) is 0 Å². The molecule has 0 spiro atoms. The van der Waals surface area contributed by atoms with E-state index in [1.165, 1.54) is 28.1 Å². The molecule has 0 aliphatic rings. The minimum Gasteiger partial charge on any atom is -0.355 e. The number of nitrogens with one attached hydrogen (secondary N) is 1. The second-order valence-corrected chi connectivity index (χ2v) is 4.40. The molecule has 88 valence electrons. The number of aryl methyl sites for hydroxylation is 3. The van der Waals surface area contributed by atoms with Gasteiger partial charge in [0.2, 0.25) is 0 Å². The van der Waals surface area contributed by atoms with E-state index in [0.29, 0.717) is 0 Å². The van der Waals surface area contributed by atoms with E-state index in [9.17, 15) is 0 Å². The highest BCUT2D eigenvalue weighted by molar-refractivity contribution is 5.68. The third-order valence-corrected chi connectivity index (χ3v) is 3.14. The average Bonchev–Trinajstić information content (AvgIpc) is 2.34. The zero-order valence-corrected chi connectivity index (χ0v) is 10.7. The van der Waals surface area contributed by atoms with Crippen LogP contribution in [0.3, 0.4) is 0 Å². The third kappa shape index (κ3) is 2.50. The summed E-state index contributed by atoms with van der Waals surface area (Å²) < 4.78 is 0. The van der Waals surface area contributed by atoms with Gasteiger partial charge in [0.1, 0.15) is 0 Å². The molecule has 2 aromatic rings. The summed E-state index contributed by atoms with van der Waals surface area (Å²) in [5, 5.41) is 3.56. The van der Waals surface area contributed by atoms with Crippen LogP contribution < -0.4 is 5.32 Å². The van der Waals surface area contributed by atoms with Crippen molar-refractivity contribution in [2.45, 2.75) is 27.2 Å². The van der Waals surface area contributed by atoms with E-state index in [-0.39, 0.29) is 0 Å². The van der Waals surface area contributed by atoms with E-state index in [1.54, 1.807) is 0 Å². The molecule has 0 radical (unpaired) electrons. The molecule has 0 saturated carbocycles. The van der Waals surface area contributed by atoms with Gasteiger partial charge >= 0.3 is 0 Å². The van der Waals surface area contributed by atoms with Crippen molar-refractivity contribution in [3.8, 4) is 0 Å². The van der Waals surface area contributed by atoms with E-state index in [2.05, 4.69) is 68.6 Å². The van der Waals surface area contributed by atoms with Gasteiger partial charge in [0.15, 0.2) is 0 Å². The first-order valence-corrected chi connectivity index (χ1v) is 6.13. The predicted octanol–water partition coefficient (Wildman–Crippen LogP) is 4.61. The molecular weight excluding hydrogens is 206 g/mol. The Kier molecular flexibility index (Phi) is 3.48. The van der Waals surface area contributed by atoms with Crippen LogP contribution in [-0.2, 0) is 6.42 Å². The van der Waals surface area contributed by atoms with Crippen LogP contribution in [0.5, 0.6) is 0 Å². The Labute approximate surface area is 103 Å². The van der Waals surface area contributed by atoms with Crippen LogP contribution in [0.2, 0.25) is 0 Å². The average molecular weight is 225 g/mol. The molecule has 1 heteroatoms. The largest absolute Gasteiger partial charge is 0.355 e. The fraction of sp³-hybridized carbons (Fsp3) is 0.250. The second-order valence-electron chi connectivity index (χ2n) is 4.40. The van der Waals surface area contributed by atoms with Crippen LogP contribution in [0.25, 0.3) is 0 Å². The lowest BCUT2D eigenvalue weighted by molar-refractivity contribution is 1.14. The van der Waals surface area contributed by atoms with Crippen molar-refractivity contribution >= 4 is 11.4 Å². The Morgan fingerprint density at radius 2 is 1.53 bits per heavy atom. The van der Waals surface area contributed by atoms with Crippen LogP contribution >= 0.6 is 0 Å². The Bertz CT molecular complexity index is 494. The van der Waals surface area contributed by atoms with Crippen LogP contribution in [0.4, 0.5) is 11.4 Å². The van der Waals surface area contributed by atoms with E-state index in [4.69, 9.17) is 0 Å². The van der Waals surface area contributed by atoms with Crippen molar-refractivity contribution in [3.63, 3.8) is 0 Å². The van der Waals surface area contributed by atoms with Gasteiger partial charge in [-0.1, -0.05) is 43.3 Å². The molecule has 0 amide bonds. The van der Waals surface area contributed by atoms with Crippen molar-refractivity contribution in [1.29, 1.82) is 0 Å². The van der Waals surface area contributed by atoms with Crippen LogP contribution in [0.15, 0.2) is 42.5 Å². The number of anilines is 2. The maximum atomic E-state index is 3.56. The van der Waals surface area contributed by atoms with Gasteiger partial charge < -0.3 is 5.32 Å². The van der Waals surface area contributed by atoms with Gasteiger partial charge in [0.25, 0.3) is 0 Å². The monoisotopic (exact) mass is 225 g/mol. The second kappa shape index (κ2) is 5.05. The zero-order chi connectivity index (χ0) is 12.3. The lowest BCUT2D eigenvalue weighted by Crippen LogP contribution is -1.98. The molecule has 0 aromatic heterocycles. The van der Waals surface area contributed by atoms with Crippen molar-refractivity contribution < 1.29 is 0 Å². The fourth-order valence-electron chi connectivity index (χ4n) is 2.10. The summed E-state index contributed by atoms with van der Waals surface area (Å²) in [5.74, 6) is 0. The highest BCUT2D eigenvalue weighted by Gasteiger charge is 2.04. The lowest BCUT2D eigenvalue weighted by atomic mass is 10.1. The summed E-state index contributed by atoms with van der Waals surface area (Å²) in [6.45, 7) is 6.47. The lowest BCUT2D eigenvalue weighted by Gasteiger charge is -2.15. The maximum absolute atomic E-state index is 3.56. The van der Waals surface area contributed by atoms with E-state index >= 15 is 0 Å². The first-order chi connectivity index (χ1) is 8.22. The summed E-state index contributed by atoms with van der Waals surface area (Å²) in [4.78, 5) is 0. The molecule has 0 aliphatic heterocycles. The van der Waals surface area contributed by atoms with Crippen LogP contribution in [0, 0.1) is 13.8 Å². The van der Waals surface area contributed by atoms with Gasteiger partial charge in [-0.05, 0) is 43.0 Å². The smallest absolute Gasteiger partial charge is 0.0443 e. The first-order valence-electron chi connectivity index (χ1n) is 6.13. The minimum absolute atomic E-state index is 1.05. The first kappa shape index (κ1) is 11.7. The number of hydrogen-bond donors (Lipinski definition) is 1. The van der Waals surface area contributed by atoms with E-state index in [0.717, 1.165) is 6.42 Å². The number of benzene rings is 2. The molecule has 0 saturated heterocycles. The van der Waals surface area contributed by atoms with Crippen LogP contribution in [0.1, 0.15) is 23.6 Å². The Morgan fingerprint density at radius 1 is 0.882 bits per heavy atom. The highest BCUT2D eigenvalue weighted by Crippen LogP contribution is 2.26. The Hall–Kier alpha value is -1.76. The van der Waals surface area contributed by atoms with Gasteiger partial charge in [-0.15, -0.1) is 0 Å². The van der Waals surface area contributed by atoms with Gasteiger partial charge in [0.05, 0.1) is 0 Å². The molecule has 0 aliphatic carbocycles. The molecule has 0 bridgehead atoms. The van der Waals surface area contributed by atoms with Gasteiger partial charge in [-0.2, -0.15) is 0 Å². The van der Waals surface area contributed by atoms with Crippen LogP contribution in [-0.4, -0.2) is 0 Å². The summed E-state index contributed by atoms with van der Waals surface area (Å²) in [6.07, 6.45) is 1.05. The van der Waals surface area contributed by atoms with E-state index < -0.39 is 0 Å². The number of hydrogen-bond acceptors (Lipinski definition) is 1. The Morgan fingerprint density at radius 3 is 2.18 bits per heavy atom. The standard InChI is InChI=1S/C16H19N/c1-4-14-10-5-6-11-15(14)17-16-12(2)8-7-9-13(16)3/h5-11,17H,4H2,1-3H3. The predicted molar refractivity (Wildman–Crippen MR) is 75.0 cm³/mol. The maximum Gasteiger partial charge on any atom is 0.0443 e. The Balaban J connectivity index is 2.38. The fourth-order valence-corrected chi connectivity index (χ4v) is 2.10. The summed E-state index contributed by atoms with van der Waals surface area (Å²) >= 11 is 0. The van der Waals surface area contributed by atoms with Crippen molar-refractivity contribution in [2.24, 2.45) is 0 Å². The van der Waals surface area contributed by atoms with Crippen molar-refractivity contribution in [2.75, 3.05) is 5.32 Å². The third-order valence-electron chi connectivity index (χ3n) is 3.14. The molecular formula is C16H19N. The molecule has 0 fully saturated rings. The molecule has 1 nitrogen and oxygen atoms in total. The summed E-state index contributed by atoms with van der Waals surface area (Å²) in [6, 6.07) is 14.9. The quantitative estimate of drug-likeness (QED) is 0.804. The molecule has 17 heavy (non-hydrogen) atoms. The summed E-state index contributed by atoms with van der Waals surface area (Å²) in [7, 11) is 0. The zero-order valence-electron chi connectivity index (χ0n) is 10.7. The molecule has 0 atom stereocenters.